The van der Waals surface area contributed by atoms with Crippen LogP contribution in [0.1, 0.15) is 19.4 Å². The van der Waals surface area contributed by atoms with E-state index in [2.05, 4.69) is 10.1 Å². The number of hydrogen-bond donors (Lipinski definition) is 0. The molecule has 0 unspecified atom stereocenters. The topological polar surface area (TPSA) is 74.4 Å². The van der Waals surface area contributed by atoms with Gasteiger partial charge in [0.1, 0.15) is 34.3 Å². The first-order valence-corrected chi connectivity index (χ1v) is 12.5. The van der Waals surface area contributed by atoms with Gasteiger partial charge in [-0.2, -0.15) is 9.78 Å². The van der Waals surface area contributed by atoms with Crippen molar-refractivity contribution in [3.05, 3.63) is 92.7 Å². The third-order valence-electron chi connectivity index (χ3n) is 6.18. The van der Waals surface area contributed by atoms with Gasteiger partial charge >= 0.3 is 5.69 Å². The van der Waals surface area contributed by atoms with Crippen molar-refractivity contribution < 1.29 is 18.3 Å². The molecule has 1 aliphatic rings. The molecule has 0 spiro atoms. The average Bonchev–Trinajstić information content (AvgIpc) is 3.22. The summed E-state index contributed by atoms with van der Waals surface area (Å²) in [6.07, 6.45) is 2.80. The molecule has 1 aliphatic heterocycles. The minimum Gasteiger partial charge on any atom is -0.454 e. The van der Waals surface area contributed by atoms with Crippen molar-refractivity contribution in [2.45, 2.75) is 26.0 Å². The Morgan fingerprint density at radius 3 is 2.50 bits per heavy atom. The van der Waals surface area contributed by atoms with Crippen molar-refractivity contribution in [2.75, 3.05) is 24.6 Å². The summed E-state index contributed by atoms with van der Waals surface area (Å²) < 4.78 is 42.0. The van der Waals surface area contributed by atoms with Gasteiger partial charge in [-0.15, -0.1) is 0 Å². The molecule has 0 amide bonds. The van der Waals surface area contributed by atoms with Gasteiger partial charge in [0.15, 0.2) is 11.6 Å². The number of benzene rings is 2. The van der Waals surface area contributed by atoms with Crippen molar-refractivity contribution in [3.63, 3.8) is 0 Å². The first-order valence-electron chi connectivity index (χ1n) is 11.8. The van der Waals surface area contributed by atoms with E-state index in [1.165, 1.54) is 18.5 Å². The molecule has 0 bridgehead atoms. The Kier molecular flexibility index (Phi) is 7.13. The highest BCUT2D eigenvalue weighted by molar-refractivity contribution is 6.34. The van der Waals surface area contributed by atoms with Crippen LogP contribution in [0.3, 0.4) is 0 Å². The van der Waals surface area contributed by atoms with E-state index in [1.807, 2.05) is 18.7 Å². The van der Waals surface area contributed by atoms with Crippen molar-refractivity contribution in [2.24, 2.45) is 0 Å². The van der Waals surface area contributed by atoms with Gasteiger partial charge in [-0.1, -0.05) is 29.3 Å². The quantitative estimate of drug-likeness (QED) is 0.284. The van der Waals surface area contributed by atoms with Gasteiger partial charge in [-0.25, -0.2) is 18.6 Å². The molecule has 0 N–H and O–H groups in total. The van der Waals surface area contributed by atoms with Gasteiger partial charge in [0.2, 0.25) is 0 Å². The van der Waals surface area contributed by atoms with Crippen LogP contribution in [0.2, 0.25) is 10.0 Å². The number of aromatic nitrogens is 4. The fourth-order valence-electron chi connectivity index (χ4n) is 4.36. The zero-order valence-electron chi connectivity index (χ0n) is 20.5. The molecule has 1 fully saturated rings. The Hall–Kier alpha value is -3.47. The predicted molar refractivity (Wildman–Crippen MR) is 140 cm³/mol. The van der Waals surface area contributed by atoms with Crippen LogP contribution in [-0.4, -0.2) is 44.6 Å². The monoisotopic (exact) mass is 561 g/mol. The SMILES string of the molecule is CCOC1(C)CN(c2nccc(Oc3ccc(-n4ncn(Cc5c(F)cccc5F)c4=O)cc3Cl)c2Cl)C1. The number of anilines is 1. The van der Waals surface area contributed by atoms with Crippen molar-refractivity contribution >= 4 is 29.0 Å². The number of nitrogens with zero attached hydrogens (tertiary/aromatic N) is 5. The predicted octanol–water partition coefficient (Wildman–Crippen LogP) is 5.47. The molecule has 5 rings (SSSR count). The molecule has 8 nitrogen and oxygen atoms in total. The molecule has 3 heterocycles. The van der Waals surface area contributed by atoms with E-state index >= 15 is 0 Å². The van der Waals surface area contributed by atoms with E-state index in [9.17, 15) is 13.6 Å². The number of pyridine rings is 1. The fourth-order valence-corrected chi connectivity index (χ4v) is 4.85. The van der Waals surface area contributed by atoms with Gasteiger partial charge < -0.3 is 14.4 Å². The molecule has 2 aromatic heterocycles. The van der Waals surface area contributed by atoms with Crippen LogP contribution >= 0.6 is 23.2 Å². The van der Waals surface area contributed by atoms with E-state index in [0.717, 1.165) is 21.4 Å². The summed E-state index contributed by atoms with van der Waals surface area (Å²) in [5.74, 6) is -0.241. The van der Waals surface area contributed by atoms with Gasteiger partial charge in [-0.05, 0) is 44.2 Å². The molecule has 0 saturated carbocycles. The molecule has 38 heavy (non-hydrogen) atoms. The van der Waals surface area contributed by atoms with Crippen LogP contribution in [0, 0.1) is 11.6 Å². The molecular weight excluding hydrogens is 539 g/mol. The third-order valence-corrected chi connectivity index (χ3v) is 6.83. The normalized spacial score (nSPS) is 14.4. The van der Waals surface area contributed by atoms with E-state index in [4.69, 9.17) is 32.7 Å². The number of halogens is 4. The smallest absolute Gasteiger partial charge is 0.350 e. The highest BCUT2D eigenvalue weighted by Crippen LogP contribution is 2.40. The number of rotatable bonds is 8. The van der Waals surface area contributed by atoms with Gasteiger partial charge in [0, 0.05) is 24.4 Å². The van der Waals surface area contributed by atoms with Crippen molar-refractivity contribution in [1.29, 1.82) is 0 Å². The Bertz CT molecular complexity index is 1530. The molecule has 12 heteroatoms. The fraction of sp³-hybridized carbons (Fsp3) is 0.269. The lowest BCUT2D eigenvalue weighted by atomic mass is 9.96. The van der Waals surface area contributed by atoms with Gasteiger partial charge in [0.05, 0.1) is 30.3 Å². The maximum atomic E-state index is 14.0. The second-order valence-electron chi connectivity index (χ2n) is 9.06. The first kappa shape index (κ1) is 26.1. The molecule has 198 valence electrons. The second-order valence-corrected chi connectivity index (χ2v) is 9.84. The van der Waals surface area contributed by atoms with Crippen LogP contribution in [0.5, 0.6) is 11.5 Å². The Morgan fingerprint density at radius 2 is 1.82 bits per heavy atom. The zero-order valence-corrected chi connectivity index (χ0v) is 22.0. The lowest BCUT2D eigenvalue weighted by molar-refractivity contribution is -0.0448. The Labute approximate surface area is 226 Å². The van der Waals surface area contributed by atoms with E-state index in [1.54, 1.807) is 24.4 Å². The third kappa shape index (κ3) is 4.99. The first-order chi connectivity index (χ1) is 18.2. The van der Waals surface area contributed by atoms with E-state index < -0.39 is 17.3 Å². The maximum Gasteiger partial charge on any atom is 0.350 e. The summed E-state index contributed by atoms with van der Waals surface area (Å²) in [5, 5.41) is 4.59. The van der Waals surface area contributed by atoms with Crippen molar-refractivity contribution in [3.8, 4) is 17.2 Å². The van der Waals surface area contributed by atoms with E-state index in [0.29, 0.717) is 47.7 Å². The standard InChI is InChI=1S/C26H23Cl2F2N5O3/c1-3-37-26(2)13-34(14-26)24-23(28)22(9-10-31-24)38-21-8-7-16(11-18(21)27)35-25(36)33(15-32-35)12-17-19(29)5-4-6-20(17)30/h4-11,15H,3,12-14H2,1-2H3. The highest BCUT2D eigenvalue weighted by atomic mass is 35.5. The maximum absolute atomic E-state index is 14.0. The number of ether oxygens (including phenoxy) is 2. The highest BCUT2D eigenvalue weighted by Gasteiger charge is 2.41. The minimum atomic E-state index is -0.746. The summed E-state index contributed by atoms with van der Waals surface area (Å²) in [4.78, 5) is 19.2. The van der Waals surface area contributed by atoms with Crippen LogP contribution in [0.4, 0.5) is 14.6 Å². The van der Waals surface area contributed by atoms with Crippen LogP contribution in [0.25, 0.3) is 5.69 Å². The zero-order chi connectivity index (χ0) is 27.0. The summed E-state index contributed by atoms with van der Waals surface area (Å²) in [5.41, 5.74) is -0.722. The Balaban J connectivity index is 1.34. The molecule has 1 saturated heterocycles. The summed E-state index contributed by atoms with van der Waals surface area (Å²) >= 11 is 13.1. The average molecular weight is 562 g/mol. The molecule has 4 aromatic rings. The molecule has 0 aliphatic carbocycles. The van der Waals surface area contributed by atoms with Gasteiger partial charge in [-0.3, -0.25) is 4.57 Å². The second kappa shape index (κ2) is 10.4. The number of hydrogen-bond acceptors (Lipinski definition) is 6. The molecule has 0 atom stereocenters. The summed E-state index contributed by atoms with van der Waals surface area (Å²) in [7, 11) is 0. The van der Waals surface area contributed by atoms with E-state index in [-0.39, 0.29) is 22.7 Å². The molecule has 0 radical (unpaired) electrons. The van der Waals surface area contributed by atoms with Crippen LogP contribution < -0.4 is 15.3 Å². The molecular formula is C26H23Cl2F2N5O3. The Morgan fingerprint density at radius 1 is 1.08 bits per heavy atom. The summed E-state index contributed by atoms with van der Waals surface area (Å²) in [6.45, 7) is 5.61. The van der Waals surface area contributed by atoms with Crippen LogP contribution in [-0.2, 0) is 11.3 Å². The minimum absolute atomic E-state index is 0.200. The lowest BCUT2D eigenvalue weighted by Crippen LogP contribution is -2.62. The van der Waals surface area contributed by atoms with Gasteiger partial charge in [0.25, 0.3) is 0 Å². The van der Waals surface area contributed by atoms with Crippen molar-refractivity contribution in [1.82, 2.24) is 19.3 Å². The molecule has 2 aromatic carbocycles. The summed E-state index contributed by atoms with van der Waals surface area (Å²) in [6, 6.07) is 9.81. The largest absolute Gasteiger partial charge is 0.454 e. The lowest BCUT2D eigenvalue weighted by Gasteiger charge is -2.48. The van der Waals surface area contributed by atoms with Crippen LogP contribution in [0.15, 0.2) is 59.8 Å².